The summed E-state index contributed by atoms with van der Waals surface area (Å²) >= 11 is 0. The van der Waals surface area contributed by atoms with Crippen molar-refractivity contribution in [2.75, 3.05) is 12.4 Å². The molecule has 3 rings (SSSR count). The summed E-state index contributed by atoms with van der Waals surface area (Å²) in [6, 6.07) is 6.88. The van der Waals surface area contributed by atoms with Crippen LogP contribution in [0.3, 0.4) is 0 Å². The third kappa shape index (κ3) is 1.72. The molecule has 6 nitrogen and oxygen atoms in total. The van der Waals surface area contributed by atoms with E-state index >= 15 is 0 Å². The molecule has 0 aliphatic carbocycles. The number of methoxy groups -OCH3 is 1. The maximum atomic E-state index is 11.9. The summed E-state index contributed by atoms with van der Waals surface area (Å²) in [6.07, 6.45) is 0. The van der Waals surface area contributed by atoms with Gasteiger partial charge in [-0.3, -0.25) is 14.3 Å². The highest BCUT2D eigenvalue weighted by atomic mass is 16.5. The molecule has 0 fully saturated rings. The third-order valence-electron chi connectivity index (χ3n) is 3.16. The fraction of sp³-hybridized carbons (Fsp3) is 0.231. The number of aryl methyl sites for hydroxylation is 1. The summed E-state index contributed by atoms with van der Waals surface area (Å²) in [5.41, 5.74) is 1.99. The molecule has 1 amide bonds. The predicted molar refractivity (Wildman–Crippen MR) is 69.9 cm³/mol. The van der Waals surface area contributed by atoms with Crippen LogP contribution in [0, 0.1) is 6.92 Å². The van der Waals surface area contributed by atoms with E-state index in [4.69, 9.17) is 4.74 Å². The first kappa shape index (κ1) is 11.6. The van der Waals surface area contributed by atoms with Gasteiger partial charge in [-0.15, -0.1) is 0 Å². The van der Waals surface area contributed by atoms with Gasteiger partial charge < -0.3 is 10.1 Å². The van der Waals surface area contributed by atoms with Gasteiger partial charge in [0.25, 0.3) is 5.56 Å². The smallest absolute Gasteiger partial charge is 0.267 e. The van der Waals surface area contributed by atoms with Crippen molar-refractivity contribution in [2.24, 2.45) is 0 Å². The van der Waals surface area contributed by atoms with Crippen molar-refractivity contribution in [1.82, 2.24) is 9.36 Å². The van der Waals surface area contributed by atoms with Gasteiger partial charge in [-0.1, -0.05) is 0 Å². The van der Waals surface area contributed by atoms with Crippen LogP contribution in [0.4, 0.5) is 5.69 Å². The highest BCUT2D eigenvalue weighted by Gasteiger charge is 2.21. The van der Waals surface area contributed by atoms with E-state index in [0.29, 0.717) is 11.4 Å². The van der Waals surface area contributed by atoms with E-state index < -0.39 is 0 Å². The Balaban J connectivity index is 2.32. The number of ether oxygens (including phenoxy) is 1. The van der Waals surface area contributed by atoms with E-state index in [-0.39, 0.29) is 18.0 Å². The first-order valence-electron chi connectivity index (χ1n) is 5.88. The highest BCUT2D eigenvalue weighted by Crippen LogP contribution is 2.28. The maximum absolute atomic E-state index is 11.9. The average Bonchev–Trinajstić information content (AvgIpc) is 2.57. The topological polar surface area (TPSA) is 65.3 Å². The van der Waals surface area contributed by atoms with Crippen LogP contribution in [-0.2, 0) is 11.3 Å². The Hall–Kier alpha value is -2.50. The zero-order valence-electron chi connectivity index (χ0n) is 10.6. The molecule has 2 aromatic rings. The first-order valence-corrected chi connectivity index (χ1v) is 5.88. The number of amides is 1. The molecular formula is C13H13N3O3. The summed E-state index contributed by atoms with van der Waals surface area (Å²) < 4.78 is 8.32. The number of hydrogen-bond acceptors (Lipinski definition) is 3. The van der Waals surface area contributed by atoms with Crippen LogP contribution in [0.15, 0.2) is 29.1 Å². The lowest BCUT2D eigenvalue weighted by Gasteiger charge is -2.12. The summed E-state index contributed by atoms with van der Waals surface area (Å²) in [4.78, 5) is 23.7. The van der Waals surface area contributed by atoms with Crippen molar-refractivity contribution in [3.63, 3.8) is 0 Å². The van der Waals surface area contributed by atoms with Crippen molar-refractivity contribution in [1.29, 1.82) is 0 Å². The van der Waals surface area contributed by atoms with E-state index in [1.807, 2.05) is 13.0 Å². The molecule has 1 aromatic heterocycles. The number of hydrogen-bond donors (Lipinski definition) is 1. The zero-order valence-corrected chi connectivity index (χ0v) is 10.6. The minimum atomic E-state index is -0.228. The second-order valence-electron chi connectivity index (χ2n) is 4.42. The Kier molecular flexibility index (Phi) is 2.45. The molecule has 19 heavy (non-hydrogen) atoms. The monoisotopic (exact) mass is 259 g/mol. The van der Waals surface area contributed by atoms with Crippen LogP contribution in [0.1, 0.15) is 5.69 Å². The van der Waals surface area contributed by atoms with Crippen molar-refractivity contribution >= 4 is 11.6 Å². The molecule has 0 unspecified atom stereocenters. The second kappa shape index (κ2) is 4.01. The minimum absolute atomic E-state index is 0.00364. The van der Waals surface area contributed by atoms with Gasteiger partial charge in [-0.25, -0.2) is 4.68 Å². The molecule has 0 saturated carbocycles. The van der Waals surface area contributed by atoms with E-state index in [9.17, 15) is 9.59 Å². The Bertz CT molecular complexity index is 727. The van der Waals surface area contributed by atoms with Gasteiger partial charge in [-0.05, 0) is 19.1 Å². The highest BCUT2D eigenvalue weighted by molar-refractivity contribution is 5.93. The number of nitrogens with zero attached hydrogens (tertiary/aromatic N) is 2. The van der Waals surface area contributed by atoms with Crippen molar-refractivity contribution in [2.45, 2.75) is 13.5 Å². The van der Waals surface area contributed by atoms with Gasteiger partial charge in [0.05, 0.1) is 18.5 Å². The lowest BCUT2D eigenvalue weighted by Crippen LogP contribution is -2.26. The molecule has 1 aliphatic rings. The standard InChI is InChI=1S/C13H13N3O3/c1-8-5-13(18)15-7-12(17)14-10-6-9(19-2)3-4-11(10)16(8)15/h3-6H,7H2,1-2H3,(H,14,17). The van der Waals surface area contributed by atoms with E-state index in [1.54, 1.807) is 23.9 Å². The van der Waals surface area contributed by atoms with Crippen LogP contribution in [0.25, 0.3) is 5.69 Å². The number of rotatable bonds is 1. The van der Waals surface area contributed by atoms with E-state index in [0.717, 1.165) is 11.4 Å². The summed E-state index contributed by atoms with van der Waals surface area (Å²) in [5.74, 6) is 0.424. The van der Waals surface area contributed by atoms with Crippen LogP contribution in [0.5, 0.6) is 5.75 Å². The number of carbonyl (C=O) groups excluding carboxylic acids is 1. The molecule has 1 aromatic carbocycles. The Morgan fingerprint density at radius 3 is 2.79 bits per heavy atom. The zero-order chi connectivity index (χ0) is 13.6. The number of benzene rings is 1. The molecule has 2 heterocycles. The lowest BCUT2D eigenvalue weighted by molar-refractivity contribution is -0.116. The SMILES string of the molecule is COc1ccc2c(c1)NC(=O)Cn1c(=O)cc(C)n1-2. The fourth-order valence-electron chi connectivity index (χ4n) is 2.32. The number of anilines is 1. The molecule has 0 bridgehead atoms. The van der Waals surface area contributed by atoms with Crippen molar-refractivity contribution < 1.29 is 9.53 Å². The number of nitrogens with one attached hydrogen (secondary N) is 1. The Morgan fingerprint density at radius 2 is 2.05 bits per heavy atom. The third-order valence-corrected chi connectivity index (χ3v) is 3.16. The van der Waals surface area contributed by atoms with Crippen molar-refractivity contribution in [3.8, 4) is 11.4 Å². The van der Waals surface area contributed by atoms with Gasteiger partial charge in [0.15, 0.2) is 0 Å². The molecular weight excluding hydrogens is 246 g/mol. The number of aromatic nitrogens is 2. The summed E-state index contributed by atoms with van der Waals surface area (Å²) in [7, 11) is 1.57. The van der Waals surface area contributed by atoms with Crippen molar-refractivity contribution in [3.05, 3.63) is 40.3 Å². The molecule has 0 radical (unpaired) electrons. The van der Waals surface area contributed by atoms with Gasteiger partial charge in [0.2, 0.25) is 5.91 Å². The molecule has 0 atom stereocenters. The minimum Gasteiger partial charge on any atom is -0.497 e. The quantitative estimate of drug-likeness (QED) is 0.827. The van der Waals surface area contributed by atoms with Crippen LogP contribution in [-0.4, -0.2) is 22.4 Å². The van der Waals surface area contributed by atoms with E-state index in [2.05, 4.69) is 5.32 Å². The molecule has 0 spiro atoms. The van der Waals surface area contributed by atoms with Crippen LogP contribution in [0.2, 0.25) is 0 Å². The summed E-state index contributed by atoms with van der Waals surface area (Å²) in [5, 5.41) is 2.79. The van der Waals surface area contributed by atoms with Gasteiger partial charge in [-0.2, -0.15) is 0 Å². The van der Waals surface area contributed by atoms with Gasteiger partial charge in [0, 0.05) is 17.8 Å². The summed E-state index contributed by atoms with van der Waals surface area (Å²) in [6.45, 7) is 1.84. The fourth-order valence-corrected chi connectivity index (χ4v) is 2.32. The maximum Gasteiger partial charge on any atom is 0.267 e. The van der Waals surface area contributed by atoms with Gasteiger partial charge in [0.1, 0.15) is 12.3 Å². The first-order chi connectivity index (χ1) is 9.10. The number of fused-ring (bicyclic) bond motifs is 3. The second-order valence-corrected chi connectivity index (χ2v) is 4.42. The Labute approximate surface area is 109 Å². The number of carbonyl (C=O) groups is 1. The molecule has 0 saturated heterocycles. The molecule has 1 N–H and O–H groups in total. The van der Waals surface area contributed by atoms with E-state index in [1.165, 1.54) is 10.7 Å². The van der Waals surface area contributed by atoms with Crippen LogP contribution >= 0.6 is 0 Å². The molecule has 6 heteroatoms. The molecule has 98 valence electrons. The Morgan fingerprint density at radius 1 is 1.26 bits per heavy atom. The molecule has 1 aliphatic heterocycles. The average molecular weight is 259 g/mol. The predicted octanol–water partition coefficient (Wildman–Crippen LogP) is 0.908. The van der Waals surface area contributed by atoms with Gasteiger partial charge >= 0.3 is 0 Å². The van der Waals surface area contributed by atoms with Crippen LogP contribution < -0.4 is 15.6 Å². The lowest BCUT2D eigenvalue weighted by atomic mass is 10.2. The largest absolute Gasteiger partial charge is 0.497 e. The normalized spacial score (nSPS) is 13.3.